The molecule has 0 spiro atoms. The number of amides is 2. The van der Waals surface area contributed by atoms with Crippen LogP contribution in [0.15, 0.2) is 36.4 Å². The molecule has 0 bridgehead atoms. The summed E-state index contributed by atoms with van der Waals surface area (Å²) in [6, 6.07) is 9.58. The summed E-state index contributed by atoms with van der Waals surface area (Å²) < 4.78 is 23.4. The van der Waals surface area contributed by atoms with Gasteiger partial charge < -0.3 is 19.7 Å². The fraction of sp³-hybridized carbons (Fsp3) is 0.263. The quantitative estimate of drug-likeness (QED) is 0.915. The van der Waals surface area contributed by atoms with E-state index in [1.807, 2.05) is 12.1 Å². The molecule has 136 valence electrons. The van der Waals surface area contributed by atoms with Gasteiger partial charge in [-0.15, -0.1) is 0 Å². The maximum atomic E-state index is 13.8. The molecule has 0 atom stereocenters. The maximum Gasteiger partial charge on any atom is 0.409 e. The first-order valence-corrected chi connectivity index (χ1v) is 8.11. The van der Waals surface area contributed by atoms with Gasteiger partial charge in [-0.2, -0.15) is 0 Å². The first-order valence-electron chi connectivity index (χ1n) is 8.11. The summed E-state index contributed by atoms with van der Waals surface area (Å²) in [7, 11) is 2.71. The van der Waals surface area contributed by atoms with E-state index in [-0.39, 0.29) is 17.4 Å². The van der Waals surface area contributed by atoms with Crippen LogP contribution in [-0.4, -0.2) is 37.7 Å². The van der Waals surface area contributed by atoms with E-state index in [1.54, 1.807) is 11.0 Å². The highest BCUT2D eigenvalue weighted by molar-refractivity contribution is 6.04. The Labute approximate surface area is 150 Å². The van der Waals surface area contributed by atoms with Gasteiger partial charge in [-0.3, -0.25) is 4.79 Å². The monoisotopic (exact) mass is 358 g/mol. The third kappa shape index (κ3) is 3.61. The Balaban J connectivity index is 1.76. The smallest absolute Gasteiger partial charge is 0.409 e. The van der Waals surface area contributed by atoms with E-state index in [0.717, 1.165) is 23.6 Å². The van der Waals surface area contributed by atoms with E-state index >= 15 is 0 Å². The van der Waals surface area contributed by atoms with Crippen molar-refractivity contribution in [3.8, 4) is 5.75 Å². The average Bonchev–Trinajstić information content (AvgIpc) is 2.66. The molecular formula is C19H19FN2O4. The van der Waals surface area contributed by atoms with Crippen molar-refractivity contribution in [2.45, 2.75) is 13.0 Å². The molecule has 0 aromatic heterocycles. The topological polar surface area (TPSA) is 67.9 Å². The largest absolute Gasteiger partial charge is 0.494 e. The SMILES string of the molecule is COC(=O)N1CCc2ccc(NC(=O)c3ccc(OC)c(F)c3)cc2C1. The number of carbonyl (C=O) groups excluding carboxylic acids is 2. The van der Waals surface area contributed by atoms with Gasteiger partial charge >= 0.3 is 6.09 Å². The van der Waals surface area contributed by atoms with Crippen molar-refractivity contribution in [1.29, 1.82) is 0 Å². The number of nitrogens with one attached hydrogen (secondary N) is 1. The zero-order chi connectivity index (χ0) is 18.7. The molecule has 0 radical (unpaired) electrons. The fourth-order valence-corrected chi connectivity index (χ4v) is 2.93. The number of hydrogen-bond donors (Lipinski definition) is 1. The lowest BCUT2D eigenvalue weighted by Crippen LogP contribution is -2.35. The van der Waals surface area contributed by atoms with Gasteiger partial charge in [0.15, 0.2) is 11.6 Å². The van der Waals surface area contributed by atoms with Gasteiger partial charge in [0.25, 0.3) is 5.91 Å². The number of rotatable bonds is 3. The zero-order valence-electron chi connectivity index (χ0n) is 14.5. The summed E-state index contributed by atoms with van der Waals surface area (Å²) in [6.45, 7) is 1.01. The molecule has 1 heterocycles. The molecule has 0 saturated carbocycles. The van der Waals surface area contributed by atoms with Crippen LogP contribution in [0.5, 0.6) is 5.75 Å². The standard InChI is InChI=1S/C19H19FN2O4/c1-25-17-6-4-13(10-16(17)20)18(23)21-15-5-3-12-7-8-22(19(24)26-2)11-14(12)9-15/h3-6,9-10H,7-8,11H2,1-2H3,(H,21,23). The third-order valence-corrected chi connectivity index (χ3v) is 4.32. The minimum absolute atomic E-state index is 0.0817. The predicted octanol–water partition coefficient (Wildman–Crippen LogP) is 3.21. The predicted molar refractivity (Wildman–Crippen MR) is 93.9 cm³/mol. The van der Waals surface area contributed by atoms with Crippen molar-refractivity contribution < 1.29 is 23.5 Å². The van der Waals surface area contributed by atoms with Gasteiger partial charge in [-0.25, -0.2) is 9.18 Å². The van der Waals surface area contributed by atoms with Crippen LogP contribution in [0.25, 0.3) is 0 Å². The summed E-state index contributed by atoms with van der Waals surface area (Å²) in [5.74, 6) is -0.940. The van der Waals surface area contributed by atoms with Crippen molar-refractivity contribution >= 4 is 17.7 Å². The number of carbonyl (C=O) groups is 2. The van der Waals surface area contributed by atoms with Crippen molar-refractivity contribution in [2.75, 3.05) is 26.1 Å². The zero-order valence-corrected chi connectivity index (χ0v) is 14.5. The van der Waals surface area contributed by atoms with E-state index in [0.29, 0.717) is 18.8 Å². The van der Waals surface area contributed by atoms with Crippen molar-refractivity contribution in [3.63, 3.8) is 0 Å². The number of halogens is 1. The van der Waals surface area contributed by atoms with E-state index in [2.05, 4.69) is 5.32 Å². The number of anilines is 1. The molecular weight excluding hydrogens is 339 g/mol. The summed E-state index contributed by atoms with van der Waals surface area (Å²) in [5.41, 5.74) is 2.84. The molecule has 0 fully saturated rings. The summed E-state index contributed by atoms with van der Waals surface area (Å²) in [6.07, 6.45) is 0.348. The van der Waals surface area contributed by atoms with Gasteiger partial charge in [0.2, 0.25) is 0 Å². The molecule has 2 aromatic rings. The highest BCUT2D eigenvalue weighted by Crippen LogP contribution is 2.24. The Morgan fingerprint density at radius 3 is 2.62 bits per heavy atom. The molecule has 1 N–H and O–H groups in total. The first-order chi connectivity index (χ1) is 12.5. The van der Waals surface area contributed by atoms with Crippen LogP contribution in [0.2, 0.25) is 0 Å². The van der Waals surface area contributed by atoms with Crippen LogP contribution in [-0.2, 0) is 17.7 Å². The minimum Gasteiger partial charge on any atom is -0.494 e. The van der Waals surface area contributed by atoms with E-state index in [1.165, 1.54) is 26.4 Å². The fourth-order valence-electron chi connectivity index (χ4n) is 2.93. The van der Waals surface area contributed by atoms with Gasteiger partial charge in [0.1, 0.15) is 0 Å². The number of methoxy groups -OCH3 is 2. The summed E-state index contributed by atoms with van der Waals surface area (Å²) in [5, 5.41) is 2.75. The normalized spacial score (nSPS) is 13.0. The molecule has 0 aliphatic carbocycles. The molecule has 0 saturated heterocycles. The Bertz CT molecular complexity index is 853. The van der Waals surface area contributed by atoms with Gasteiger partial charge in [0.05, 0.1) is 14.2 Å². The molecule has 7 heteroatoms. The highest BCUT2D eigenvalue weighted by Gasteiger charge is 2.21. The van der Waals surface area contributed by atoms with Crippen LogP contribution >= 0.6 is 0 Å². The van der Waals surface area contributed by atoms with Crippen molar-refractivity contribution in [1.82, 2.24) is 4.90 Å². The second-order valence-electron chi connectivity index (χ2n) is 5.93. The van der Waals surface area contributed by atoms with Crippen LogP contribution in [0.1, 0.15) is 21.5 Å². The molecule has 0 unspecified atom stereocenters. The Morgan fingerprint density at radius 1 is 1.12 bits per heavy atom. The van der Waals surface area contributed by atoms with Crippen molar-refractivity contribution in [2.24, 2.45) is 0 Å². The number of nitrogens with zero attached hydrogens (tertiary/aromatic N) is 1. The first kappa shape index (κ1) is 17.7. The van der Waals surface area contributed by atoms with Crippen LogP contribution in [0.4, 0.5) is 14.9 Å². The summed E-state index contributed by atoms with van der Waals surface area (Å²) in [4.78, 5) is 25.7. The Morgan fingerprint density at radius 2 is 1.92 bits per heavy atom. The number of hydrogen-bond acceptors (Lipinski definition) is 4. The minimum atomic E-state index is -0.598. The van der Waals surface area contributed by atoms with Crippen LogP contribution < -0.4 is 10.1 Å². The Hall–Kier alpha value is -3.09. The maximum absolute atomic E-state index is 13.8. The number of benzene rings is 2. The van der Waals surface area contributed by atoms with Gasteiger partial charge in [-0.05, 0) is 47.9 Å². The molecule has 2 amide bonds. The van der Waals surface area contributed by atoms with Crippen LogP contribution in [0.3, 0.4) is 0 Å². The second-order valence-corrected chi connectivity index (χ2v) is 5.93. The lowest BCUT2D eigenvalue weighted by molar-refractivity contribution is 0.102. The molecule has 6 nitrogen and oxygen atoms in total. The summed E-state index contributed by atoms with van der Waals surface area (Å²) >= 11 is 0. The third-order valence-electron chi connectivity index (χ3n) is 4.32. The highest BCUT2D eigenvalue weighted by atomic mass is 19.1. The van der Waals surface area contributed by atoms with Crippen LogP contribution in [0, 0.1) is 5.82 Å². The molecule has 2 aromatic carbocycles. The lowest BCUT2D eigenvalue weighted by Gasteiger charge is -2.28. The van der Waals surface area contributed by atoms with E-state index < -0.39 is 11.7 Å². The molecule has 1 aliphatic heterocycles. The number of ether oxygens (including phenoxy) is 2. The lowest BCUT2D eigenvalue weighted by atomic mass is 9.99. The molecule has 1 aliphatic rings. The van der Waals surface area contributed by atoms with Gasteiger partial charge in [-0.1, -0.05) is 6.07 Å². The average molecular weight is 358 g/mol. The van der Waals surface area contributed by atoms with E-state index in [9.17, 15) is 14.0 Å². The molecule has 3 rings (SSSR count). The van der Waals surface area contributed by atoms with Gasteiger partial charge in [0, 0.05) is 24.3 Å². The number of fused-ring (bicyclic) bond motifs is 1. The van der Waals surface area contributed by atoms with E-state index in [4.69, 9.17) is 9.47 Å². The Kier molecular flexibility index (Phi) is 5.06. The van der Waals surface area contributed by atoms with Crippen molar-refractivity contribution in [3.05, 3.63) is 58.9 Å². The molecule has 26 heavy (non-hydrogen) atoms. The second kappa shape index (κ2) is 7.43.